The molecule has 1 unspecified atom stereocenters. The summed E-state index contributed by atoms with van der Waals surface area (Å²) >= 11 is 0. The molecule has 1 aliphatic heterocycles. The molecule has 1 aromatic carbocycles. The first-order valence-electron chi connectivity index (χ1n) is 8.14. The highest BCUT2D eigenvalue weighted by atomic mass is 19.1. The second-order valence-electron chi connectivity index (χ2n) is 6.11. The summed E-state index contributed by atoms with van der Waals surface area (Å²) in [5, 5.41) is 3.42. The molecule has 1 N–H and O–H groups in total. The second-order valence-corrected chi connectivity index (χ2v) is 6.11. The fourth-order valence-electron chi connectivity index (χ4n) is 2.90. The molecule has 0 radical (unpaired) electrons. The van der Waals surface area contributed by atoms with Gasteiger partial charge in [0.05, 0.1) is 11.8 Å². The van der Waals surface area contributed by atoms with Gasteiger partial charge in [0.1, 0.15) is 5.82 Å². The molecule has 0 spiro atoms. The third kappa shape index (κ3) is 3.95. The van der Waals surface area contributed by atoms with E-state index < -0.39 is 0 Å². The van der Waals surface area contributed by atoms with Crippen LogP contribution in [0.15, 0.2) is 18.2 Å². The van der Waals surface area contributed by atoms with E-state index in [-0.39, 0.29) is 11.9 Å². The van der Waals surface area contributed by atoms with Crippen molar-refractivity contribution >= 4 is 5.69 Å². The van der Waals surface area contributed by atoms with Gasteiger partial charge >= 0.3 is 0 Å². The minimum Gasteiger partial charge on any atom is -0.376 e. The van der Waals surface area contributed by atoms with Gasteiger partial charge in [-0.3, -0.25) is 0 Å². The summed E-state index contributed by atoms with van der Waals surface area (Å²) in [7, 11) is 0. The normalized spacial score (nSPS) is 21.7. The number of nitrogens with one attached hydrogen (secondary N) is 1. The number of hydrogen-bond acceptors (Lipinski definition) is 3. The third-order valence-corrected chi connectivity index (χ3v) is 4.35. The monoisotopic (exact) mass is 292 g/mol. The van der Waals surface area contributed by atoms with Crippen LogP contribution in [0.2, 0.25) is 0 Å². The molecule has 1 saturated carbocycles. The summed E-state index contributed by atoms with van der Waals surface area (Å²) < 4.78 is 20.1. The summed E-state index contributed by atoms with van der Waals surface area (Å²) in [4.78, 5) is 2.09. The number of benzene rings is 1. The summed E-state index contributed by atoms with van der Waals surface area (Å²) in [6, 6.07) is 6.27. The summed E-state index contributed by atoms with van der Waals surface area (Å²) in [6.45, 7) is 5.26. The fourth-order valence-corrected chi connectivity index (χ4v) is 2.90. The number of halogens is 1. The van der Waals surface area contributed by atoms with Crippen molar-refractivity contribution in [2.75, 3.05) is 24.6 Å². The Morgan fingerprint density at radius 3 is 2.81 bits per heavy atom. The largest absolute Gasteiger partial charge is 0.376 e. The van der Waals surface area contributed by atoms with Crippen molar-refractivity contribution in [1.29, 1.82) is 0 Å². The first-order valence-corrected chi connectivity index (χ1v) is 8.14. The first kappa shape index (κ1) is 14.8. The Bertz CT molecular complexity index is 470. The molecule has 1 atom stereocenters. The zero-order chi connectivity index (χ0) is 14.7. The lowest BCUT2D eigenvalue weighted by Gasteiger charge is -2.26. The lowest BCUT2D eigenvalue weighted by molar-refractivity contribution is 0.115. The molecule has 3 rings (SSSR count). The van der Waals surface area contributed by atoms with Crippen molar-refractivity contribution in [2.24, 2.45) is 0 Å². The van der Waals surface area contributed by atoms with Crippen molar-refractivity contribution in [2.45, 2.75) is 51.3 Å². The summed E-state index contributed by atoms with van der Waals surface area (Å²) in [5.74, 6) is -0.120. The molecule has 0 aromatic heterocycles. The Kier molecular flexibility index (Phi) is 4.76. The SMILES string of the molecule is CCN(CC1CCCO1)c1ccc(CNC2CC2)cc1F. The molecule has 1 aliphatic carbocycles. The molecule has 0 bridgehead atoms. The van der Waals surface area contributed by atoms with Gasteiger partial charge in [0.25, 0.3) is 0 Å². The number of ether oxygens (including phenoxy) is 1. The van der Waals surface area contributed by atoms with E-state index >= 15 is 0 Å². The number of nitrogens with zero attached hydrogens (tertiary/aromatic N) is 1. The molecule has 21 heavy (non-hydrogen) atoms. The zero-order valence-electron chi connectivity index (χ0n) is 12.8. The Labute approximate surface area is 126 Å². The van der Waals surface area contributed by atoms with Crippen LogP contribution in [0, 0.1) is 5.82 Å². The minimum absolute atomic E-state index is 0.120. The predicted molar refractivity (Wildman–Crippen MR) is 83.1 cm³/mol. The van der Waals surface area contributed by atoms with Crippen LogP contribution in [0.25, 0.3) is 0 Å². The molecule has 2 fully saturated rings. The number of hydrogen-bond donors (Lipinski definition) is 1. The molecule has 0 amide bonds. The summed E-state index contributed by atoms with van der Waals surface area (Å²) in [5.41, 5.74) is 1.72. The van der Waals surface area contributed by atoms with E-state index in [2.05, 4.69) is 17.1 Å². The van der Waals surface area contributed by atoms with Crippen LogP contribution in [-0.4, -0.2) is 31.8 Å². The Hall–Kier alpha value is -1.13. The van der Waals surface area contributed by atoms with Gasteiger partial charge in [-0.1, -0.05) is 6.07 Å². The fraction of sp³-hybridized carbons (Fsp3) is 0.647. The molecule has 1 heterocycles. The third-order valence-electron chi connectivity index (χ3n) is 4.35. The van der Waals surface area contributed by atoms with Crippen LogP contribution >= 0.6 is 0 Å². The zero-order valence-corrected chi connectivity index (χ0v) is 12.8. The highest BCUT2D eigenvalue weighted by Crippen LogP contribution is 2.24. The number of likely N-dealkylation sites (N-methyl/N-ethyl adjacent to an activating group) is 1. The van der Waals surface area contributed by atoms with Gasteiger partial charge in [-0.05, 0) is 50.3 Å². The number of anilines is 1. The lowest BCUT2D eigenvalue weighted by Crippen LogP contribution is -2.32. The van der Waals surface area contributed by atoms with Gasteiger partial charge in [0.2, 0.25) is 0 Å². The average molecular weight is 292 g/mol. The van der Waals surface area contributed by atoms with E-state index in [1.165, 1.54) is 12.8 Å². The van der Waals surface area contributed by atoms with Crippen molar-refractivity contribution in [3.05, 3.63) is 29.6 Å². The van der Waals surface area contributed by atoms with Gasteiger partial charge in [0, 0.05) is 32.3 Å². The minimum atomic E-state index is -0.120. The first-order chi connectivity index (χ1) is 10.3. The van der Waals surface area contributed by atoms with Crippen LogP contribution in [0.5, 0.6) is 0 Å². The van der Waals surface area contributed by atoms with Crippen molar-refractivity contribution in [3.8, 4) is 0 Å². The quantitative estimate of drug-likeness (QED) is 0.836. The van der Waals surface area contributed by atoms with Crippen LogP contribution in [-0.2, 0) is 11.3 Å². The molecule has 1 aromatic rings. The molecule has 116 valence electrons. The molecule has 3 nitrogen and oxygen atoms in total. The number of rotatable bonds is 7. The van der Waals surface area contributed by atoms with Crippen molar-refractivity contribution in [3.63, 3.8) is 0 Å². The maximum atomic E-state index is 14.4. The topological polar surface area (TPSA) is 24.5 Å². The van der Waals surface area contributed by atoms with Crippen LogP contribution in [0.4, 0.5) is 10.1 Å². The van der Waals surface area contributed by atoms with E-state index in [1.807, 2.05) is 12.1 Å². The van der Waals surface area contributed by atoms with E-state index in [9.17, 15) is 4.39 Å². The van der Waals surface area contributed by atoms with Crippen LogP contribution in [0.1, 0.15) is 38.2 Å². The Morgan fingerprint density at radius 1 is 1.33 bits per heavy atom. The molecular formula is C17H25FN2O. The van der Waals surface area contributed by atoms with E-state index in [4.69, 9.17) is 4.74 Å². The molecule has 1 saturated heterocycles. The molecular weight excluding hydrogens is 267 g/mol. The summed E-state index contributed by atoms with van der Waals surface area (Å²) in [6.07, 6.45) is 4.97. The van der Waals surface area contributed by atoms with Gasteiger partial charge in [0.15, 0.2) is 0 Å². The maximum Gasteiger partial charge on any atom is 0.146 e. The smallest absolute Gasteiger partial charge is 0.146 e. The predicted octanol–water partition coefficient (Wildman–Crippen LogP) is 3.08. The Morgan fingerprint density at radius 2 is 2.19 bits per heavy atom. The second kappa shape index (κ2) is 6.75. The molecule has 4 heteroatoms. The lowest BCUT2D eigenvalue weighted by atomic mass is 10.1. The highest BCUT2D eigenvalue weighted by molar-refractivity contribution is 5.49. The highest BCUT2D eigenvalue weighted by Gasteiger charge is 2.22. The van der Waals surface area contributed by atoms with Crippen molar-refractivity contribution < 1.29 is 9.13 Å². The van der Waals surface area contributed by atoms with Crippen LogP contribution in [0.3, 0.4) is 0 Å². The average Bonchev–Trinajstić information content (AvgIpc) is 3.18. The Balaban J connectivity index is 1.63. The molecule has 2 aliphatic rings. The van der Waals surface area contributed by atoms with E-state index in [0.29, 0.717) is 11.7 Å². The van der Waals surface area contributed by atoms with Gasteiger partial charge in [-0.25, -0.2) is 4.39 Å². The maximum absolute atomic E-state index is 14.4. The van der Waals surface area contributed by atoms with Gasteiger partial charge < -0.3 is 15.0 Å². The van der Waals surface area contributed by atoms with Gasteiger partial charge in [-0.15, -0.1) is 0 Å². The van der Waals surface area contributed by atoms with Gasteiger partial charge in [-0.2, -0.15) is 0 Å². The van der Waals surface area contributed by atoms with E-state index in [1.54, 1.807) is 6.07 Å². The van der Waals surface area contributed by atoms with Crippen LogP contribution < -0.4 is 10.2 Å². The van der Waals surface area contributed by atoms with E-state index in [0.717, 1.165) is 44.6 Å². The standard InChI is InChI=1S/C17H25FN2O/c1-2-20(12-15-4-3-9-21-15)17-8-5-13(10-16(17)18)11-19-14-6-7-14/h5,8,10,14-15,19H,2-4,6-7,9,11-12H2,1H3. The van der Waals surface area contributed by atoms with Crippen molar-refractivity contribution in [1.82, 2.24) is 5.32 Å².